The predicted octanol–water partition coefficient (Wildman–Crippen LogP) is 1.93. The molecule has 21 heavy (non-hydrogen) atoms. The monoisotopic (exact) mass is 312 g/mol. The lowest BCUT2D eigenvalue weighted by atomic mass is 10.0. The van der Waals surface area contributed by atoms with Crippen LogP contribution in [0.3, 0.4) is 0 Å². The minimum absolute atomic E-state index is 0.266. The Morgan fingerprint density at radius 1 is 1.38 bits per heavy atom. The molecule has 0 amide bonds. The first-order valence-corrected chi connectivity index (χ1v) is 8.67. The number of anilines is 1. The van der Waals surface area contributed by atoms with E-state index in [0.717, 1.165) is 30.6 Å². The maximum Gasteiger partial charge on any atom is 0.242 e. The summed E-state index contributed by atoms with van der Waals surface area (Å²) in [5.74, 6) is 0.266. The molecule has 1 heterocycles. The van der Waals surface area contributed by atoms with E-state index in [9.17, 15) is 8.42 Å². The van der Waals surface area contributed by atoms with Gasteiger partial charge in [-0.25, -0.2) is 12.7 Å². The standard InChI is InChI=1S/C15H24N2O3S/c1-11-7-14(8-15(16)12(11)2)21(18,19)17(3)9-13-5-4-6-20-10-13/h7-8,13H,4-6,9-10,16H2,1-3H3. The van der Waals surface area contributed by atoms with Gasteiger partial charge in [-0.1, -0.05) is 0 Å². The molecule has 6 heteroatoms. The molecule has 0 radical (unpaired) electrons. The van der Waals surface area contributed by atoms with Crippen LogP contribution in [0.25, 0.3) is 0 Å². The summed E-state index contributed by atoms with van der Waals surface area (Å²) >= 11 is 0. The van der Waals surface area contributed by atoms with Crippen molar-refractivity contribution in [3.8, 4) is 0 Å². The van der Waals surface area contributed by atoms with Crippen molar-refractivity contribution in [2.24, 2.45) is 5.92 Å². The zero-order valence-electron chi connectivity index (χ0n) is 12.9. The molecule has 1 saturated heterocycles. The molecule has 1 atom stereocenters. The highest BCUT2D eigenvalue weighted by Crippen LogP contribution is 2.25. The molecule has 1 aromatic rings. The first kappa shape index (κ1) is 16.3. The summed E-state index contributed by atoms with van der Waals surface area (Å²) in [4.78, 5) is 0.266. The van der Waals surface area contributed by atoms with E-state index in [0.29, 0.717) is 18.8 Å². The molecule has 0 saturated carbocycles. The van der Waals surface area contributed by atoms with Gasteiger partial charge in [-0.3, -0.25) is 0 Å². The van der Waals surface area contributed by atoms with Gasteiger partial charge in [-0.15, -0.1) is 0 Å². The molecule has 1 aliphatic rings. The van der Waals surface area contributed by atoms with E-state index in [4.69, 9.17) is 10.5 Å². The van der Waals surface area contributed by atoms with Crippen LogP contribution in [0.1, 0.15) is 24.0 Å². The summed E-state index contributed by atoms with van der Waals surface area (Å²) in [6.07, 6.45) is 2.00. The highest BCUT2D eigenvalue weighted by atomic mass is 32.2. The second kappa shape index (κ2) is 6.34. The van der Waals surface area contributed by atoms with Crippen LogP contribution in [0.15, 0.2) is 17.0 Å². The van der Waals surface area contributed by atoms with Crippen LogP contribution in [0, 0.1) is 19.8 Å². The van der Waals surface area contributed by atoms with Gasteiger partial charge in [-0.05, 0) is 55.9 Å². The largest absolute Gasteiger partial charge is 0.398 e. The fourth-order valence-corrected chi connectivity index (χ4v) is 3.96. The fraction of sp³-hybridized carbons (Fsp3) is 0.600. The Morgan fingerprint density at radius 3 is 2.67 bits per heavy atom. The molecule has 1 aliphatic heterocycles. The molecule has 2 N–H and O–H groups in total. The van der Waals surface area contributed by atoms with Crippen LogP contribution in [-0.2, 0) is 14.8 Å². The zero-order chi connectivity index (χ0) is 15.6. The summed E-state index contributed by atoms with van der Waals surface area (Å²) in [6, 6.07) is 3.24. The molecule has 0 aromatic heterocycles. The third kappa shape index (κ3) is 3.56. The van der Waals surface area contributed by atoms with E-state index >= 15 is 0 Å². The van der Waals surface area contributed by atoms with E-state index in [-0.39, 0.29) is 10.8 Å². The van der Waals surface area contributed by atoms with Crippen molar-refractivity contribution in [3.63, 3.8) is 0 Å². The number of nitrogens with two attached hydrogens (primary N) is 1. The van der Waals surface area contributed by atoms with Gasteiger partial charge in [0.15, 0.2) is 0 Å². The zero-order valence-corrected chi connectivity index (χ0v) is 13.7. The lowest BCUT2D eigenvalue weighted by Crippen LogP contribution is -2.35. The SMILES string of the molecule is Cc1cc(S(=O)(=O)N(C)CC2CCCOC2)cc(N)c1C. The molecular formula is C15H24N2O3S. The number of nitrogen functional groups attached to an aromatic ring is 1. The Labute approximate surface area is 127 Å². The molecule has 0 spiro atoms. The van der Waals surface area contributed by atoms with Gasteiger partial charge in [0.05, 0.1) is 11.5 Å². The van der Waals surface area contributed by atoms with Gasteiger partial charge >= 0.3 is 0 Å². The summed E-state index contributed by atoms with van der Waals surface area (Å²) in [7, 11) is -1.88. The minimum atomic E-state index is -3.50. The molecule has 0 aliphatic carbocycles. The van der Waals surface area contributed by atoms with Crippen molar-refractivity contribution in [2.45, 2.75) is 31.6 Å². The van der Waals surface area contributed by atoms with Gasteiger partial charge in [0, 0.05) is 25.9 Å². The average molecular weight is 312 g/mol. The van der Waals surface area contributed by atoms with Gasteiger partial charge in [-0.2, -0.15) is 0 Å². The van der Waals surface area contributed by atoms with Crippen molar-refractivity contribution in [2.75, 3.05) is 32.5 Å². The molecule has 1 unspecified atom stereocenters. The van der Waals surface area contributed by atoms with Crippen LogP contribution in [-0.4, -0.2) is 39.5 Å². The third-order valence-corrected chi connectivity index (χ3v) is 5.96. The number of ether oxygens (including phenoxy) is 1. The van der Waals surface area contributed by atoms with Gasteiger partial charge in [0.25, 0.3) is 0 Å². The maximum atomic E-state index is 12.7. The van der Waals surface area contributed by atoms with E-state index < -0.39 is 10.0 Å². The summed E-state index contributed by atoms with van der Waals surface area (Å²) < 4.78 is 32.1. The molecule has 1 fully saturated rings. The smallest absolute Gasteiger partial charge is 0.242 e. The van der Waals surface area contributed by atoms with Crippen molar-refractivity contribution >= 4 is 15.7 Å². The molecule has 2 rings (SSSR count). The Bertz CT molecular complexity index is 584. The molecule has 118 valence electrons. The van der Waals surface area contributed by atoms with E-state index in [1.165, 1.54) is 4.31 Å². The van der Waals surface area contributed by atoms with Gasteiger partial charge in [0.1, 0.15) is 0 Å². The van der Waals surface area contributed by atoms with E-state index in [1.807, 2.05) is 13.8 Å². The summed E-state index contributed by atoms with van der Waals surface area (Å²) in [6.45, 7) is 5.66. The number of benzene rings is 1. The van der Waals surface area contributed by atoms with Crippen molar-refractivity contribution < 1.29 is 13.2 Å². The highest BCUT2D eigenvalue weighted by Gasteiger charge is 2.25. The van der Waals surface area contributed by atoms with Crippen molar-refractivity contribution in [1.82, 2.24) is 4.31 Å². The Hall–Kier alpha value is -1.11. The summed E-state index contributed by atoms with van der Waals surface area (Å²) in [5.41, 5.74) is 8.24. The number of aryl methyl sites for hydroxylation is 1. The maximum absolute atomic E-state index is 12.7. The number of hydrogen-bond donors (Lipinski definition) is 1. The van der Waals surface area contributed by atoms with Crippen LogP contribution in [0.4, 0.5) is 5.69 Å². The van der Waals surface area contributed by atoms with Crippen LogP contribution >= 0.6 is 0 Å². The summed E-state index contributed by atoms with van der Waals surface area (Å²) in [5, 5.41) is 0. The third-order valence-electron chi connectivity index (χ3n) is 4.16. The van der Waals surface area contributed by atoms with Crippen LogP contribution in [0.5, 0.6) is 0 Å². The number of nitrogens with zero attached hydrogens (tertiary/aromatic N) is 1. The fourth-order valence-electron chi connectivity index (χ4n) is 2.59. The van der Waals surface area contributed by atoms with E-state index in [1.54, 1.807) is 19.2 Å². The van der Waals surface area contributed by atoms with Gasteiger partial charge < -0.3 is 10.5 Å². The predicted molar refractivity (Wildman–Crippen MR) is 83.7 cm³/mol. The molecule has 1 aromatic carbocycles. The molecule has 5 nitrogen and oxygen atoms in total. The first-order valence-electron chi connectivity index (χ1n) is 7.23. The van der Waals surface area contributed by atoms with Crippen LogP contribution < -0.4 is 5.73 Å². The van der Waals surface area contributed by atoms with Crippen molar-refractivity contribution in [1.29, 1.82) is 0 Å². The number of rotatable bonds is 4. The average Bonchev–Trinajstić information content (AvgIpc) is 2.45. The second-order valence-electron chi connectivity index (χ2n) is 5.82. The second-order valence-corrected chi connectivity index (χ2v) is 7.87. The quantitative estimate of drug-likeness (QED) is 0.862. The lowest BCUT2D eigenvalue weighted by Gasteiger charge is -2.27. The Kier molecular flexibility index (Phi) is 4.91. The van der Waals surface area contributed by atoms with E-state index in [2.05, 4.69) is 0 Å². The van der Waals surface area contributed by atoms with Gasteiger partial charge in [0.2, 0.25) is 10.0 Å². The topological polar surface area (TPSA) is 72.6 Å². The first-order chi connectivity index (χ1) is 9.82. The highest BCUT2D eigenvalue weighted by molar-refractivity contribution is 7.89. The minimum Gasteiger partial charge on any atom is -0.398 e. The lowest BCUT2D eigenvalue weighted by molar-refractivity contribution is 0.0495. The van der Waals surface area contributed by atoms with Crippen LogP contribution in [0.2, 0.25) is 0 Å². The molecule has 0 bridgehead atoms. The van der Waals surface area contributed by atoms with Crippen molar-refractivity contribution in [3.05, 3.63) is 23.3 Å². The number of sulfonamides is 1. The Balaban J connectivity index is 2.20. The number of hydrogen-bond acceptors (Lipinski definition) is 4. The molecular weight excluding hydrogens is 288 g/mol. The normalized spacial score (nSPS) is 19.9. The Morgan fingerprint density at radius 2 is 2.10 bits per heavy atom.